The third-order valence-corrected chi connectivity index (χ3v) is 5.52. The van der Waals surface area contributed by atoms with Crippen molar-refractivity contribution in [3.05, 3.63) is 42.1 Å². The number of carbonyl (C=O) groups excluding carboxylic acids is 2. The molecule has 0 bridgehead atoms. The predicted molar refractivity (Wildman–Crippen MR) is 104 cm³/mol. The Kier molecular flexibility index (Phi) is 5.22. The van der Waals surface area contributed by atoms with Crippen LogP contribution in [0.25, 0.3) is 10.9 Å². The Balaban J connectivity index is 1.32. The molecule has 0 unspecified atom stereocenters. The lowest BCUT2D eigenvalue weighted by Gasteiger charge is -2.23. The molecule has 2 fully saturated rings. The average molecular weight is 377 g/mol. The number of aromatic nitrogens is 1. The van der Waals surface area contributed by atoms with Gasteiger partial charge in [0, 0.05) is 31.1 Å². The van der Waals surface area contributed by atoms with Gasteiger partial charge >= 0.3 is 0 Å². The Morgan fingerprint density at radius 1 is 1.18 bits per heavy atom. The Labute approximate surface area is 163 Å². The number of benzene rings is 1. The number of pyridine rings is 1. The number of fused-ring (bicyclic) bond motifs is 1. The van der Waals surface area contributed by atoms with E-state index in [1.165, 1.54) is 0 Å². The molecule has 2 saturated heterocycles. The number of likely N-dealkylation sites (tertiary alicyclic amines) is 2. The van der Waals surface area contributed by atoms with Crippen LogP contribution < -0.4 is 5.32 Å². The molecule has 2 aliphatic rings. The minimum atomic E-state index is -0.287. The standard InChI is InChI=1S/C21H23N5O2/c22-12-17-5-3-10-26(17)20(27)14-25-11-9-16(13-25)23-21(28)19-8-7-15-4-1-2-6-18(15)24-19/h1-2,4,6-8,16-17H,3,5,9-11,13-14H2,(H,23,28)/t16-,17-/m0/s1. The van der Waals surface area contributed by atoms with Gasteiger partial charge in [-0.05, 0) is 31.4 Å². The van der Waals surface area contributed by atoms with Crippen molar-refractivity contribution in [2.75, 3.05) is 26.2 Å². The zero-order valence-corrected chi connectivity index (χ0v) is 15.7. The van der Waals surface area contributed by atoms with Gasteiger partial charge in [0.15, 0.2) is 0 Å². The normalized spacial score (nSPS) is 22.3. The number of nitrogens with one attached hydrogen (secondary N) is 1. The summed E-state index contributed by atoms with van der Waals surface area (Å²) in [6, 6.07) is 13.3. The van der Waals surface area contributed by atoms with Crippen molar-refractivity contribution in [2.24, 2.45) is 0 Å². The van der Waals surface area contributed by atoms with Crippen LogP contribution in [0.1, 0.15) is 29.8 Å². The zero-order chi connectivity index (χ0) is 19.5. The predicted octanol–water partition coefficient (Wildman–Crippen LogP) is 1.55. The minimum absolute atomic E-state index is 0.00101. The average Bonchev–Trinajstić information content (AvgIpc) is 3.36. The molecule has 7 nitrogen and oxygen atoms in total. The third kappa shape index (κ3) is 3.82. The van der Waals surface area contributed by atoms with Gasteiger partial charge in [-0.2, -0.15) is 5.26 Å². The number of nitrogens with zero attached hydrogens (tertiary/aromatic N) is 4. The third-order valence-electron chi connectivity index (χ3n) is 5.52. The second-order valence-corrected chi connectivity index (χ2v) is 7.46. The summed E-state index contributed by atoms with van der Waals surface area (Å²) in [5, 5.41) is 13.2. The fourth-order valence-electron chi connectivity index (χ4n) is 4.03. The van der Waals surface area contributed by atoms with Crippen molar-refractivity contribution < 1.29 is 9.59 Å². The van der Waals surface area contributed by atoms with Gasteiger partial charge < -0.3 is 10.2 Å². The highest BCUT2D eigenvalue weighted by Gasteiger charge is 2.32. The van der Waals surface area contributed by atoms with E-state index in [0.717, 1.165) is 36.7 Å². The Morgan fingerprint density at radius 3 is 2.89 bits per heavy atom. The number of nitriles is 1. The summed E-state index contributed by atoms with van der Waals surface area (Å²) in [5.74, 6) is -0.180. The van der Waals surface area contributed by atoms with Crippen LogP contribution in [-0.2, 0) is 4.79 Å². The van der Waals surface area contributed by atoms with E-state index >= 15 is 0 Å². The Morgan fingerprint density at radius 2 is 2.04 bits per heavy atom. The lowest BCUT2D eigenvalue weighted by Crippen LogP contribution is -2.43. The largest absolute Gasteiger partial charge is 0.347 e. The fourth-order valence-corrected chi connectivity index (χ4v) is 4.03. The van der Waals surface area contributed by atoms with Gasteiger partial charge in [-0.1, -0.05) is 24.3 Å². The smallest absolute Gasteiger partial charge is 0.270 e. The van der Waals surface area contributed by atoms with E-state index in [9.17, 15) is 9.59 Å². The molecule has 0 aliphatic carbocycles. The SMILES string of the molecule is N#C[C@@H]1CCCN1C(=O)CN1CC[C@H](NC(=O)c2ccc3ccccc3n2)C1. The molecule has 2 aromatic rings. The van der Waals surface area contributed by atoms with Gasteiger partial charge in [-0.3, -0.25) is 14.5 Å². The fraction of sp³-hybridized carbons (Fsp3) is 0.429. The molecule has 7 heteroatoms. The van der Waals surface area contributed by atoms with E-state index < -0.39 is 0 Å². The van der Waals surface area contributed by atoms with Crippen molar-refractivity contribution in [3.8, 4) is 6.07 Å². The van der Waals surface area contributed by atoms with Crippen molar-refractivity contribution in [1.82, 2.24) is 20.1 Å². The monoisotopic (exact) mass is 377 g/mol. The lowest BCUT2D eigenvalue weighted by molar-refractivity contribution is -0.132. The molecule has 0 saturated carbocycles. The Bertz CT molecular complexity index is 938. The first-order valence-electron chi connectivity index (χ1n) is 9.72. The van der Waals surface area contributed by atoms with Crippen molar-refractivity contribution in [3.63, 3.8) is 0 Å². The molecular formula is C21H23N5O2. The number of hydrogen-bond acceptors (Lipinski definition) is 5. The lowest BCUT2D eigenvalue weighted by atomic mass is 10.2. The van der Waals surface area contributed by atoms with Gasteiger partial charge in [0.25, 0.3) is 5.91 Å². The number of carbonyl (C=O) groups is 2. The second-order valence-electron chi connectivity index (χ2n) is 7.46. The van der Waals surface area contributed by atoms with Gasteiger partial charge in [-0.15, -0.1) is 0 Å². The summed E-state index contributed by atoms with van der Waals surface area (Å²) in [5.41, 5.74) is 1.20. The molecule has 2 aliphatic heterocycles. The highest BCUT2D eigenvalue weighted by molar-refractivity contribution is 5.95. The molecule has 28 heavy (non-hydrogen) atoms. The summed E-state index contributed by atoms with van der Waals surface area (Å²) < 4.78 is 0. The van der Waals surface area contributed by atoms with Crippen LogP contribution >= 0.6 is 0 Å². The van der Waals surface area contributed by atoms with Gasteiger partial charge in [0.2, 0.25) is 5.91 Å². The van der Waals surface area contributed by atoms with Gasteiger partial charge in [0.05, 0.1) is 18.1 Å². The van der Waals surface area contributed by atoms with E-state index in [0.29, 0.717) is 25.3 Å². The maximum Gasteiger partial charge on any atom is 0.270 e. The summed E-state index contributed by atoms with van der Waals surface area (Å²) in [6.07, 6.45) is 2.45. The highest BCUT2D eigenvalue weighted by Crippen LogP contribution is 2.18. The Hall–Kier alpha value is -2.98. The topological polar surface area (TPSA) is 89.3 Å². The van der Waals surface area contributed by atoms with Crippen molar-refractivity contribution in [2.45, 2.75) is 31.3 Å². The van der Waals surface area contributed by atoms with Crippen LogP contribution in [-0.4, -0.2) is 64.9 Å². The molecule has 1 N–H and O–H groups in total. The highest BCUT2D eigenvalue weighted by atomic mass is 16.2. The van der Waals surface area contributed by atoms with Crippen LogP contribution in [0.3, 0.4) is 0 Å². The first-order chi connectivity index (χ1) is 13.6. The van der Waals surface area contributed by atoms with E-state index in [-0.39, 0.29) is 23.9 Å². The van der Waals surface area contributed by atoms with E-state index in [1.807, 2.05) is 35.2 Å². The summed E-state index contributed by atoms with van der Waals surface area (Å²) in [6.45, 7) is 2.36. The minimum Gasteiger partial charge on any atom is -0.347 e. The van der Waals surface area contributed by atoms with E-state index in [1.54, 1.807) is 11.0 Å². The van der Waals surface area contributed by atoms with Crippen LogP contribution in [0.15, 0.2) is 36.4 Å². The molecule has 144 valence electrons. The molecule has 1 aromatic carbocycles. The summed E-state index contributed by atoms with van der Waals surface area (Å²) >= 11 is 0. The van der Waals surface area contributed by atoms with Gasteiger partial charge in [-0.25, -0.2) is 4.98 Å². The molecular weight excluding hydrogens is 354 g/mol. The molecule has 0 spiro atoms. The van der Waals surface area contributed by atoms with Crippen LogP contribution in [0.2, 0.25) is 0 Å². The number of para-hydroxylation sites is 1. The molecule has 1 aromatic heterocycles. The molecule has 3 heterocycles. The van der Waals surface area contributed by atoms with Crippen LogP contribution in [0, 0.1) is 11.3 Å². The van der Waals surface area contributed by atoms with Gasteiger partial charge in [0.1, 0.15) is 11.7 Å². The van der Waals surface area contributed by atoms with E-state index in [4.69, 9.17) is 5.26 Å². The van der Waals surface area contributed by atoms with Crippen LogP contribution in [0.5, 0.6) is 0 Å². The number of amides is 2. The first-order valence-corrected chi connectivity index (χ1v) is 9.72. The molecule has 0 radical (unpaired) electrons. The maximum atomic E-state index is 12.6. The van der Waals surface area contributed by atoms with Crippen molar-refractivity contribution in [1.29, 1.82) is 5.26 Å². The van der Waals surface area contributed by atoms with E-state index in [2.05, 4.69) is 16.4 Å². The number of rotatable bonds is 4. The van der Waals surface area contributed by atoms with Crippen LogP contribution in [0.4, 0.5) is 0 Å². The zero-order valence-electron chi connectivity index (χ0n) is 15.7. The number of hydrogen-bond donors (Lipinski definition) is 1. The second kappa shape index (κ2) is 7.95. The summed E-state index contributed by atoms with van der Waals surface area (Å²) in [7, 11) is 0. The maximum absolute atomic E-state index is 12.6. The first kappa shape index (κ1) is 18.4. The van der Waals surface area contributed by atoms with Crippen molar-refractivity contribution >= 4 is 22.7 Å². The quantitative estimate of drug-likeness (QED) is 0.873. The molecule has 2 atom stereocenters. The molecule has 4 rings (SSSR count). The summed E-state index contributed by atoms with van der Waals surface area (Å²) in [4.78, 5) is 33.2. The molecule has 2 amide bonds.